The van der Waals surface area contributed by atoms with Gasteiger partial charge in [-0.05, 0) is 19.9 Å². The van der Waals surface area contributed by atoms with Gasteiger partial charge in [-0.3, -0.25) is 4.79 Å². The van der Waals surface area contributed by atoms with Crippen LogP contribution < -0.4 is 0 Å². The highest BCUT2D eigenvalue weighted by atomic mass is 16.5. The molecule has 1 heterocycles. The summed E-state index contributed by atoms with van der Waals surface area (Å²) < 4.78 is 4.92. The van der Waals surface area contributed by atoms with E-state index < -0.39 is 0 Å². The molecule has 1 aliphatic heterocycles. The Balaban J connectivity index is 2.32. The average Bonchev–Trinajstić information content (AvgIpc) is 2.18. The molecule has 0 N–H and O–H groups in total. The standard InChI is InChI=1S/C11H19NO2/c1-12-7-3-5-10(9-12)11(13)6-4-8-14-2/h5H,3-4,6-9H2,1-2H3. The molecular formula is C11H19NO2. The summed E-state index contributed by atoms with van der Waals surface area (Å²) in [6.07, 6.45) is 4.53. The molecule has 1 aliphatic rings. The lowest BCUT2D eigenvalue weighted by Crippen LogP contribution is -2.28. The van der Waals surface area contributed by atoms with Crippen molar-refractivity contribution in [2.45, 2.75) is 19.3 Å². The maximum atomic E-state index is 11.7. The molecule has 80 valence electrons. The molecule has 0 bridgehead atoms. The lowest BCUT2D eigenvalue weighted by Gasteiger charge is -2.21. The number of methoxy groups -OCH3 is 1. The first kappa shape index (κ1) is 11.4. The van der Waals surface area contributed by atoms with Crippen molar-refractivity contribution in [3.05, 3.63) is 11.6 Å². The number of hydrogen-bond acceptors (Lipinski definition) is 3. The monoisotopic (exact) mass is 197 g/mol. The van der Waals surface area contributed by atoms with Crippen molar-refractivity contribution in [1.82, 2.24) is 4.90 Å². The van der Waals surface area contributed by atoms with Crippen LogP contribution >= 0.6 is 0 Å². The Hall–Kier alpha value is -0.670. The minimum atomic E-state index is 0.286. The maximum Gasteiger partial charge on any atom is 0.159 e. The van der Waals surface area contributed by atoms with E-state index in [-0.39, 0.29) is 5.78 Å². The molecule has 0 saturated heterocycles. The third-order valence-corrected chi connectivity index (χ3v) is 2.45. The van der Waals surface area contributed by atoms with Crippen molar-refractivity contribution in [1.29, 1.82) is 0 Å². The number of Topliss-reactive ketones (excluding diaryl/α,β-unsaturated/α-hetero) is 1. The van der Waals surface area contributed by atoms with E-state index in [1.807, 2.05) is 0 Å². The summed E-state index contributed by atoms with van der Waals surface area (Å²) in [7, 11) is 3.72. The maximum absolute atomic E-state index is 11.7. The van der Waals surface area contributed by atoms with Gasteiger partial charge in [0.25, 0.3) is 0 Å². The van der Waals surface area contributed by atoms with E-state index in [1.165, 1.54) is 0 Å². The molecule has 14 heavy (non-hydrogen) atoms. The molecule has 0 aromatic rings. The molecule has 3 nitrogen and oxygen atoms in total. The van der Waals surface area contributed by atoms with Crippen molar-refractivity contribution in [2.24, 2.45) is 0 Å². The van der Waals surface area contributed by atoms with Gasteiger partial charge in [0.15, 0.2) is 5.78 Å². The quantitative estimate of drug-likeness (QED) is 0.621. The zero-order valence-corrected chi connectivity index (χ0v) is 9.08. The highest BCUT2D eigenvalue weighted by Gasteiger charge is 2.14. The van der Waals surface area contributed by atoms with Crippen molar-refractivity contribution >= 4 is 5.78 Å². The van der Waals surface area contributed by atoms with Crippen LogP contribution in [0.5, 0.6) is 0 Å². The Bertz CT molecular complexity index is 223. The highest BCUT2D eigenvalue weighted by molar-refractivity contribution is 5.95. The third-order valence-electron chi connectivity index (χ3n) is 2.45. The van der Waals surface area contributed by atoms with Crippen molar-refractivity contribution in [3.63, 3.8) is 0 Å². The van der Waals surface area contributed by atoms with Crippen LogP contribution in [0.3, 0.4) is 0 Å². The lowest BCUT2D eigenvalue weighted by molar-refractivity contribution is -0.116. The van der Waals surface area contributed by atoms with Gasteiger partial charge < -0.3 is 9.64 Å². The number of rotatable bonds is 5. The number of ether oxygens (including phenoxy) is 1. The zero-order chi connectivity index (χ0) is 10.4. The third kappa shape index (κ3) is 3.60. The molecule has 0 radical (unpaired) electrons. The van der Waals surface area contributed by atoms with Gasteiger partial charge in [0.1, 0.15) is 0 Å². The zero-order valence-electron chi connectivity index (χ0n) is 9.08. The van der Waals surface area contributed by atoms with Gasteiger partial charge in [-0.2, -0.15) is 0 Å². The summed E-state index contributed by atoms with van der Waals surface area (Å²) in [5, 5.41) is 0. The molecule has 0 spiro atoms. The molecule has 0 saturated carbocycles. The Kier molecular flexibility index (Phi) is 4.84. The highest BCUT2D eigenvalue weighted by Crippen LogP contribution is 2.11. The van der Waals surface area contributed by atoms with Crippen LogP contribution in [0.1, 0.15) is 19.3 Å². The predicted octanol–water partition coefficient (Wildman–Crippen LogP) is 1.24. The summed E-state index contributed by atoms with van der Waals surface area (Å²) in [5.74, 6) is 0.286. The fraction of sp³-hybridized carbons (Fsp3) is 0.727. The molecule has 0 unspecified atom stereocenters. The Morgan fingerprint density at radius 3 is 3.07 bits per heavy atom. The van der Waals surface area contributed by atoms with Crippen LogP contribution in [0.25, 0.3) is 0 Å². The SMILES string of the molecule is COCCCC(=O)C1=CCCN(C)C1. The van der Waals surface area contributed by atoms with Crippen LogP contribution in [0.2, 0.25) is 0 Å². The van der Waals surface area contributed by atoms with Crippen LogP contribution in [0, 0.1) is 0 Å². The fourth-order valence-electron chi connectivity index (χ4n) is 1.63. The van der Waals surface area contributed by atoms with Crippen LogP contribution in [0.4, 0.5) is 0 Å². The topological polar surface area (TPSA) is 29.5 Å². The van der Waals surface area contributed by atoms with Gasteiger partial charge >= 0.3 is 0 Å². The van der Waals surface area contributed by atoms with Gasteiger partial charge in [-0.15, -0.1) is 0 Å². The van der Waals surface area contributed by atoms with E-state index in [2.05, 4.69) is 18.0 Å². The van der Waals surface area contributed by atoms with E-state index in [0.717, 1.165) is 31.5 Å². The van der Waals surface area contributed by atoms with Crippen LogP contribution in [0.15, 0.2) is 11.6 Å². The molecular weight excluding hydrogens is 178 g/mol. The number of carbonyl (C=O) groups excluding carboxylic acids is 1. The fourth-order valence-corrected chi connectivity index (χ4v) is 1.63. The number of ketones is 1. The van der Waals surface area contributed by atoms with Crippen molar-refractivity contribution in [3.8, 4) is 0 Å². The first-order chi connectivity index (χ1) is 6.74. The summed E-state index contributed by atoms with van der Waals surface area (Å²) in [5.41, 5.74) is 0.981. The molecule has 0 aromatic heterocycles. The second-order valence-corrected chi connectivity index (χ2v) is 3.78. The first-order valence-electron chi connectivity index (χ1n) is 5.13. The Morgan fingerprint density at radius 1 is 1.64 bits per heavy atom. The van der Waals surface area contributed by atoms with Gasteiger partial charge in [0, 0.05) is 38.8 Å². The second kappa shape index (κ2) is 5.94. The summed E-state index contributed by atoms with van der Waals surface area (Å²) >= 11 is 0. The first-order valence-corrected chi connectivity index (χ1v) is 5.13. The van der Waals surface area contributed by atoms with Gasteiger partial charge in [-0.1, -0.05) is 6.08 Å². The van der Waals surface area contributed by atoms with Crippen molar-refractivity contribution in [2.75, 3.05) is 33.9 Å². The van der Waals surface area contributed by atoms with Gasteiger partial charge in [-0.25, -0.2) is 0 Å². The van der Waals surface area contributed by atoms with E-state index in [0.29, 0.717) is 13.0 Å². The number of carbonyl (C=O) groups is 1. The normalized spacial score (nSPS) is 18.0. The minimum absolute atomic E-state index is 0.286. The molecule has 3 heteroatoms. The minimum Gasteiger partial charge on any atom is -0.385 e. The van der Waals surface area contributed by atoms with Crippen LogP contribution in [-0.4, -0.2) is 44.5 Å². The summed E-state index contributed by atoms with van der Waals surface area (Å²) in [6.45, 7) is 2.55. The molecule has 0 atom stereocenters. The second-order valence-electron chi connectivity index (χ2n) is 3.78. The molecule has 0 aliphatic carbocycles. The molecule has 1 rings (SSSR count). The largest absolute Gasteiger partial charge is 0.385 e. The lowest BCUT2D eigenvalue weighted by atomic mass is 10.0. The van der Waals surface area contributed by atoms with E-state index in [4.69, 9.17) is 4.74 Å². The van der Waals surface area contributed by atoms with Gasteiger partial charge in [0.2, 0.25) is 0 Å². The average molecular weight is 197 g/mol. The molecule has 0 aromatic carbocycles. The van der Waals surface area contributed by atoms with E-state index in [1.54, 1.807) is 7.11 Å². The number of hydrogen-bond donors (Lipinski definition) is 0. The smallest absolute Gasteiger partial charge is 0.159 e. The predicted molar refractivity (Wildman–Crippen MR) is 56.3 cm³/mol. The number of nitrogens with zero attached hydrogens (tertiary/aromatic N) is 1. The number of likely N-dealkylation sites (N-methyl/N-ethyl adjacent to an activating group) is 1. The summed E-state index contributed by atoms with van der Waals surface area (Å²) in [6, 6.07) is 0. The van der Waals surface area contributed by atoms with Crippen molar-refractivity contribution < 1.29 is 9.53 Å². The Morgan fingerprint density at radius 2 is 2.43 bits per heavy atom. The Labute approximate surface area is 85.7 Å². The van der Waals surface area contributed by atoms with E-state index in [9.17, 15) is 4.79 Å². The van der Waals surface area contributed by atoms with E-state index >= 15 is 0 Å². The summed E-state index contributed by atoms with van der Waals surface area (Å²) in [4.78, 5) is 13.9. The van der Waals surface area contributed by atoms with Crippen LogP contribution in [-0.2, 0) is 9.53 Å². The molecule has 0 fully saturated rings. The molecule has 0 amide bonds. The van der Waals surface area contributed by atoms with Gasteiger partial charge in [0.05, 0.1) is 0 Å².